The van der Waals surface area contributed by atoms with Crippen molar-refractivity contribution in [3.05, 3.63) is 53.3 Å². The molecule has 1 aromatic heterocycles. The van der Waals surface area contributed by atoms with Gasteiger partial charge >= 0.3 is 0 Å². The SMILES string of the molecule is CCOc1cc(CNCc2cnccc2C)ccc1OC. The van der Waals surface area contributed by atoms with Gasteiger partial charge in [0.25, 0.3) is 0 Å². The number of ether oxygens (including phenoxy) is 2. The maximum absolute atomic E-state index is 5.59. The molecule has 0 atom stereocenters. The van der Waals surface area contributed by atoms with Gasteiger partial charge in [0, 0.05) is 25.5 Å². The largest absolute Gasteiger partial charge is 0.493 e. The summed E-state index contributed by atoms with van der Waals surface area (Å²) in [5.41, 5.74) is 3.64. The lowest BCUT2D eigenvalue weighted by molar-refractivity contribution is 0.310. The van der Waals surface area contributed by atoms with Gasteiger partial charge in [-0.15, -0.1) is 0 Å². The summed E-state index contributed by atoms with van der Waals surface area (Å²) in [6.45, 7) is 6.27. The van der Waals surface area contributed by atoms with Gasteiger partial charge in [-0.25, -0.2) is 0 Å². The molecule has 0 saturated heterocycles. The van der Waals surface area contributed by atoms with Crippen LogP contribution in [0.25, 0.3) is 0 Å². The van der Waals surface area contributed by atoms with Crippen LogP contribution in [0.1, 0.15) is 23.6 Å². The Labute approximate surface area is 126 Å². The Morgan fingerprint density at radius 3 is 2.71 bits per heavy atom. The second-order valence-corrected chi connectivity index (χ2v) is 4.82. The van der Waals surface area contributed by atoms with Crippen LogP contribution in [0, 0.1) is 6.92 Å². The molecular formula is C17H22N2O2. The first kappa shape index (κ1) is 15.3. The maximum Gasteiger partial charge on any atom is 0.161 e. The summed E-state index contributed by atoms with van der Waals surface area (Å²) in [7, 11) is 1.65. The number of aryl methyl sites for hydroxylation is 1. The van der Waals surface area contributed by atoms with Crippen molar-refractivity contribution in [2.45, 2.75) is 26.9 Å². The molecule has 4 heteroatoms. The first-order valence-electron chi connectivity index (χ1n) is 7.14. The molecular weight excluding hydrogens is 264 g/mol. The number of rotatable bonds is 7. The van der Waals surface area contributed by atoms with E-state index in [9.17, 15) is 0 Å². The molecule has 0 saturated carbocycles. The summed E-state index contributed by atoms with van der Waals surface area (Å²) in [5, 5.41) is 3.43. The van der Waals surface area contributed by atoms with E-state index < -0.39 is 0 Å². The Hall–Kier alpha value is -2.07. The van der Waals surface area contributed by atoms with Gasteiger partial charge in [-0.05, 0) is 48.7 Å². The molecule has 1 heterocycles. The van der Waals surface area contributed by atoms with Crippen molar-refractivity contribution in [2.75, 3.05) is 13.7 Å². The molecule has 21 heavy (non-hydrogen) atoms. The van der Waals surface area contributed by atoms with E-state index in [0.29, 0.717) is 6.61 Å². The van der Waals surface area contributed by atoms with Crippen molar-refractivity contribution in [3.63, 3.8) is 0 Å². The quantitative estimate of drug-likeness (QED) is 0.849. The molecule has 0 unspecified atom stereocenters. The molecule has 1 N–H and O–H groups in total. The zero-order chi connectivity index (χ0) is 15.1. The maximum atomic E-state index is 5.59. The molecule has 112 valence electrons. The van der Waals surface area contributed by atoms with Crippen molar-refractivity contribution in [1.82, 2.24) is 10.3 Å². The lowest BCUT2D eigenvalue weighted by Gasteiger charge is -2.12. The average Bonchev–Trinajstić information content (AvgIpc) is 2.50. The molecule has 0 fully saturated rings. The number of benzene rings is 1. The highest BCUT2D eigenvalue weighted by Crippen LogP contribution is 2.28. The van der Waals surface area contributed by atoms with E-state index >= 15 is 0 Å². The number of hydrogen-bond acceptors (Lipinski definition) is 4. The summed E-state index contributed by atoms with van der Waals surface area (Å²) in [4.78, 5) is 4.16. The lowest BCUT2D eigenvalue weighted by Crippen LogP contribution is -2.13. The molecule has 0 aliphatic heterocycles. The third-order valence-electron chi connectivity index (χ3n) is 3.32. The van der Waals surface area contributed by atoms with Crippen molar-refractivity contribution in [2.24, 2.45) is 0 Å². The monoisotopic (exact) mass is 286 g/mol. The fraction of sp³-hybridized carbons (Fsp3) is 0.353. The third kappa shape index (κ3) is 4.20. The van der Waals surface area contributed by atoms with Crippen LogP contribution in [0.2, 0.25) is 0 Å². The average molecular weight is 286 g/mol. The molecule has 2 aromatic rings. The summed E-state index contributed by atoms with van der Waals surface area (Å²) < 4.78 is 10.9. The predicted molar refractivity (Wildman–Crippen MR) is 83.7 cm³/mol. The second-order valence-electron chi connectivity index (χ2n) is 4.82. The van der Waals surface area contributed by atoms with E-state index in [1.54, 1.807) is 7.11 Å². The lowest BCUT2D eigenvalue weighted by atomic mass is 10.1. The number of nitrogens with zero attached hydrogens (tertiary/aromatic N) is 1. The minimum atomic E-state index is 0.627. The summed E-state index contributed by atoms with van der Waals surface area (Å²) in [6.07, 6.45) is 3.72. The number of nitrogens with one attached hydrogen (secondary N) is 1. The Morgan fingerprint density at radius 1 is 1.14 bits per heavy atom. The van der Waals surface area contributed by atoms with Crippen molar-refractivity contribution < 1.29 is 9.47 Å². The first-order valence-corrected chi connectivity index (χ1v) is 7.14. The number of hydrogen-bond donors (Lipinski definition) is 1. The number of pyridine rings is 1. The van der Waals surface area contributed by atoms with Crippen LogP contribution in [-0.4, -0.2) is 18.7 Å². The zero-order valence-electron chi connectivity index (χ0n) is 12.8. The van der Waals surface area contributed by atoms with Gasteiger partial charge in [-0.2, -0.15) is 0 Å². The van der Waals surface area contributed by atoms with Gasteiger partial charge in [-0.1, -0.05) is 6.07 Å². The zero-order valence-corrected chi connectivity index (χ0v) is 12.8. The van der Waals surface area contributed by atoms with Gasteiger partial charge in [0.2, 0.25) is 0 Å². The van der Waals surface area contributed by atoms with Crippen molar-refractivity contribution >= 4 is 0 Å². The number of methoxy groups -OCH3 is 1. The highest BCUT2D eigenvalue weighted by molar-refractivity contribution is 5.43. The molecule has 0 aliphatic rings. The summed E-state index contributed by atoms with van der Waals surface area (Å²) in [6, 6.07) is 8.03. The molecule has 0 aliphatic carbocycles. The Balaban J connectivity index is 1.97. The standard InChI is InChI=1S/C17H22N2O2/c1-4-21-17-9-14(5-6-16(17)20-3)10-19-12-15-11-18-8-7-13(15)2/h5-9,11,19H,4,10,12H2,1-3H3. The van der Waals surface area contributed by atoms with Gasteiger partial charge in [0.15, 0.2) is 11.5 Å². The topological polar surface area (TPSA) is 43.4 Å². The van der Waals surface area contributed by atoms with Crippen molar-refractivity contribution in [1.29, 1.82) is 0 Å². The van der Waals surface area contributed by atoms with Crippen LogP contribution in [0.5, 0.6) is 11.5 Å². The van der Waals surface area contributed by atoms with Crippen LogP contribution in [-0.2, 0) is 13.1 Å². The molecule has 2 rings (SSSR count). The van der Waals surface area contributed by atoms with Crippen LogP contribution in [0.15, 0.2) is 36.7 Å². The third-order valence-corrected chi connectivity index (χ3v) is 3.32. The Bertz CT molecular complexity index is 585. The smallest absolute Gasteiger partial charge is 0.161 e. The Morgan fingerprint density at radius 2 is 2.00 bits per heavy atom. The van der Waals surface area contributed by atoms with Crippen molar-refractivity contribution in [3.8, 4) is 11.5 Å². The van der Waals surface area contributed by atoms with Crippen LogP contribution < -0.4 is 14.8 Å². The molecule has 0 radical (unpaired) electrons. The molecule has 0 amide bonds. The van der Waals surface area contributed by atoms with Gasteiger partial charge in [0.05, 0.1) is 13.7 Å². The highest BCUT2D eigenvalue weighted by atomic mass is 16.5. The summed E-state index contributed by atoms with van der Waals surface area (Å²) >= 11 is 0. The van der Waals surface area contributed by atoms with E-state index in [1.165, 1.54) is 16.7 Å². The van der Waals surface area contributed by atoms with Gasteiger partial charge in [0.1, 0.15) is 0 Å². The first-order chi connectivity index (χ1) is 10.2. The van der Waals surface area contributed by atoms with E-state index in [4.69, 9.17) is 9.47 Å². The highest BCUT2D eigenvalue weighted by Gasteiger charge is 2.05. The normalized spacial score (nSPS) is 10.4. The summed E-state index contributed by atoms with van der Waals surface area (Å²) in [5.74, 6) is 1.56. The van der Waals surface area contributed by atoms with E-state index in [0.717, 1.165) is 24.6 Å². The van der Waals surface area contributed by atoms with Crippen LogP contribution in [0.3, 0.4) is 0 Å². The minimum absolute atomic E-state index is 0.627. The molecule has 4 nitrogen and oxygen atoms in total. The minimum Gasteiger partial charge on any atom is -0.493 e. The molecule has 0 bridgehead atoms. The van der Waals surface area contributed by atoms with Crippen LogP contribution >= 0.6 is 0 Å². The van der Waals surface area contributed by atoms with Gasteiger partial charge in [-0.3, -0.25) is 4.98 Å². The molecule has 0 spiro atoms. The van der Waals surface area contributed by atoms with E-state index in [2.05, 4.69) is 17.2 Å². The van der Waals surface area contributed by atoms with Crippen LogP contribution in [0.4, 0.5) is 0 Å². The van der Waals surface area contributed by atoms with E-state index in [-0.39, 0.29) is 0 Å². The van der Waals surface area contributed by atoms with E-state index in [1.807, 2.05) is 43.6 Å². The molecule has 1 aromatic carbocycles. The van der Waals surface area contributed by atoms with Gasteiger partial charge < -0.3 is 14.8 Å². The fourth-order valence-corrected chi connectivity index (χ4v) is 2.12. The Kier molecular flexibility index (Phi) is 5.58. The predicted octanol–water partition coefficient (Wildman–Crippen LogP) is 3.09. The number of aromatic nitrogens is 1. The fourth-order valence-electron chi connectivity index (χ4n) is 2.12. The second kappa shape index (κ2) is 7.64.